The number of rotatable bonds is 4. The van der Waals surface area contributed by atoms with E-state index in [1.54, 1.807) is 0 Å². The SMILES string of the molecule is C#CCC(N)c1nc(CC2CC2)no1. The highest BCUT2D eigenvalue weighted by molar-refractivity contribution is 4.99. The highest BCUT2D eigenvalue weighted by Gasteiger charge is 2.24. The quantitative estimate of drug-likeness (QED) is 0.722. The van der Waals surface area contributed by atoms with Crippen LogP contribution in [0.15, 0.2) is 4.52 Å². The Kier molecular flexibility index (Phi) is 2.51. The molecule has 1 saturated carbocycles. The van der Waals surface area contributed by atoms with Crippen LogP contribution >= 0.6 is 0 Å². The number of nitrogens with two attached hydrogens (primary N) is 1. The predicted octanol–water partition coefficient (Wildman–Crippen LogP) is 1.05. The Bertz CT molecular complexity index is 348. The van der Waals surface area contributed by atoms with E-state index in [0.717, 1.165) is 18.2 Å². The molecule has 1 aliphatic rings. The number of aromatic nitrogens is 2. The van der Waals surface area contributed by atoms with Gasteiger partial charge >= 0.3 is 0 Å². The van der Waals surface area contributed by atoms with E-state index < -0.39 is 0 Å². The Balaban J connectivity index is 1.97. The standard InChI is InChI=1S/C10H13N3O/c1-2-3-8(11)10-12-9(13-14-10)6-7-4-5-7/h1,7-8H,3-6,11H2. The molecule has 0 spiro atoms. The Morgan fingerprint density at radius 2 is 2.43 bits per heavy atom. The second-order valence-electron chi connectivity index (χ2n) is 3.71. The first-order valence-corrected chi connectivity index (χ1v) is 4.81. The topological polar surface area (TPSA) is 64.9 Å². The molecule has 2 rings (SSSR count). The minimum atomic E-state index is -0.319. The molecule has 2 N–H and O–H groups in total. The maximum absolute atomic E-state index is 5.73. The highest BCUT2D eigenvalue weighted by atomic mass is 16.5. The summed E-state index contributed by atoms with van der Waals surface area (Å²) >= 11 is 0. The van der Waals surface area contributed by atoms with Crippen LogP contribution in [-0.2, 0) is 6.42 Å². The lowest BCUT2D eigenvalue weighted by Crippen LogP contribution is -2.09. The summed E-state index contributed by atoms with van der Waals surface area (Å²) in [6.07, 6.45) is 9.05. The van der Waals surface area contributed by atoms with Crippen molar-refractivity contribution in [1.29, 1.82) is 0 Å². The van der Waals surface area contributed by atoms with Gasteiger partial charge in [0.05, 0.1) is 6.04 Å². The molecule has 0 aliphatic heterocycles. The fourth-order valence-electron chi connectivity index (χ4n) is 1.30. The van der Waals surface area contributed by atoms with Crippen molar-refractivity contribution in [3.05, 3.63) is 11.7 Å². The summed E-state index contributed by atoms with van der Waals surface area (Å²) in [5, 5.41) is 3.86. The molecule has 1 heterocycles. The summed E-state index contributed by atoms with van der Waals surface area (Å²) in [6.45, 7) is 0. The number of hydrogen-bond donors (Lipinski definition) is 1. The molecule has 1 aliphatic carbocycles. The van der Waals surface area contributed by atoms with Crippen molar-refractivity contribution < 1.29 is 4.52 Å². The zero-order valence-corrected chi connectivity index (χ0v) is 7.94. The Labute approximate surface area is 82.9 Å². The van der Waals surface area contributed by atoms with E-state index in [-0.39, 0.29) is 6.04 Å². The molecular weight excluding hydrogens is 178 g/mol. The molecule has 1 aromatic heterocycles. The van der Waals surface area contributed by atoms with E-state index in [0.29, 0.717) is 12.3 Å². The second kappa shape index (κ2) is 3.81. The Hall–Kier alpha value is -1.34. The van der Waals surface area contributed by atoms with Crippen molar-refractivity contribution in [2.24, 2.45) is 11.7 Å². The van der Waals surface area contributed by atoms with Crippen molar-refractivity contribution in [3.8, 4) is 12.3 Å². The van der Waals surface area contributed by atoms with Gasteiger partial charge in [0.1, 0.15) is 0 Å². The first-order chi connectivity index (χ1) is 6.79. The van der Waals surface area contributed by atoms with Gasteiger partial charge in [-0.15, -0.1) is 12.3 Å². The molecule has 0 aromatic carbocycles. The van der Waals surface area contributed by atoms with Crippen molar-refractivity contribution in [1.82, 2.24) is 10.1 Å². The van der Waals surface area contributed by atoms with Crippen LogP contribution in [0, 0.1) is 18.3 Å². The lowest BCUT2D eigenvalue weighted by molar-refractivity contribution is 0.352. The Morgan fingerprint density at radius 3 is 3.07 bits per heavy atom. The molecule has 74 valence electrons. The van der Waals surface area contributed by atoms with Crippen LogP contribution in [0.2, 0.25) is 0 Å². The van der Waals surface area contributed by atoms with Gasteiger partial charge in [0.25, 0.3) is 0 Å². The fourth-order valence-corrected chi connectivity index (χ4v) is 1.30. The van der Waals surface area contributed by atoms with E-state index in [9.17, 15) is 0 Å². The van der Waals surface area contributed by atoms with Crippen molar-refractivity contribution in [2.45, 2.75) is 31.7 Å². The number of hydrogen-bond acceptors (Lipinski definition) is 4. The van der Waals surface area contributed by atoms with E-state index in [4.69, 9.17) is 16.7 Å². The van der Waals surface area contributed by atoms with Gasteiger partial charge in [0.2, 0.25) is 5.89 Å². The van der Waals surface area contributed by atoms with Gasteiger partial charge in [-0.25, -0.2) is 0 Å². The molecule has 0 amide bonds. The largest absolute Gasteiger partial charge is 0.338 e. The van der Waals surface area contributed by atoms with Crippen LogP contribution < -0.4 is 5.73 Å². The molecule has 1 atom stereocenters. The van der Waals surface area contributed by atoms with Crippen LogP contribution in [0.4, 0.5) is 0 Å². The van der Waals surface area contributed by atoms with Crippen LogP contribution in [0.3, 0.4) is 0 Å². The van der Waals surface area contributed by atoms with Gasteiger partial charge in [-0.05, 0) is 18.8 Å². The van der Waals surface area contributed by atoms with Crippen molar-refractivity contribution in [3.63, 3.8) is 0 Å². The molecule has 1 aromatic rings. The van der Waals surface area contributed by atoms with E-state index >= 15 is 0 Å². The molecule has 0 saturated heterocycles. The van der Waals surface area contributed by atoms with Crippen LogP contribution in [0.1, 0.15) is 37.0 Å². The average Bonchev–Trinajstić information content (AvgIpc) is 2.82. The summed E-state index contributed by atoms with van der Waals surface area (Å²) in [5.74, 6) is 4.45. The summed E-state index contributed by atoms with van der Waals surface area (Å²) in [5.41, 5.74) is 5.73. The Morgan fingerprint density at radius 1 is 1.64 bits per heavy atom. The normalized spacial score (nSPS) is 17.7. The zero-order chi connectivity index (χ0) is 9.97. The third-order valence-corrected chi connectivity index (χ3v) is 2.31. The van der Waals surface area contributed by atoms with E-state index in [2.05, 4.69) is 16.1 Å². The molecule has 0 radical (unpaired) electrons. The van der Waals surface area contributed by atoms with Gasteiger partial charge in [-0.2, -0.15) is 4.98 Å². The third-order valence-electron chi connectivity index (χ3n) is 2.31. The van der Waals surface area contributed by atoms with Gasteiger partial charge in [-0.1, -0.05) is 5.16 Å². The van der Waals surface area contributed by atoms with Gasteiger partial charge in [0.15, 0.2) is 5.82 Å². The molecule has 1 unspecified atom stereocenters. The minimum absolute atomic E-state index is 0.319. The van der Waals surface area contributed by atoms with Gasteiger partial charge in [-0.3, -0.25) is 0 Å². The number of terminal acetylenes is 1. The minimum Gasteiger partial charge on any atom is -0.338 e. The zero-order valence-electron chi connectivity index (χ0n) is 7.94. The average molecular weight is 191 g/mol. The summed E-state index contributed by atoms with van der Waals surface area (Å²) in [6, 6.07) is -0.319. The van der Waals surface area contributed by atoms with Gasteiger partial charge < -0.3 is 10.3 Å². The predicted molar refractivity (Wildman–Crippen MR) is 51.1 cm³/mol. The van der Waals surface area contributed by atoms with Crippen molar-refractivity contribution in [2.75, 3.05) is 0 Å². The first kappa shape index (κ1) is 9.22. The summed E-state index contributed by atoms with van der Waals surface area (Å²) < 4.78 is 5.03. The van der Waals surface area contributed by atoms with Crippen LogP contribution in [-0.4, -0.2) is 10.1 Å². The van der Waals surface area contributed by atoms with Gasteiger partial charge in [0, 0.05) is 12.8 Å². The maximum Gasteiger partial charge on any atom is 0.244 e. The molecule has 14 heavy (non-hydrogen) atoms. The lowest BCUT2D eigenvalue weighted by Gasteiger charge is -1.98. The summed E-state index contributed by atoms with van der Waals surface area (Å²) in [7, 11) is 0. The molecule has 0 bridgehead atoms. The summed E-state index contributed by atoms with van der Waals surface area (Å²) in [4.78, 5) is 4.21. The van der Waals surface area contributed by atoms with E-state index in [1.165, 1.54) is 12.8 Å². The highest BCUT2D eigenvalue weighted by Crippen LogP contribution is 2.31. The van der Waals surface area contributed by atoms with Crippen molar-refractivity contribution >= 4 is 0 Å². The molecule has 1 fully saturated rings. The van der Waals surface area contributed by atoms with E-state index in [1.807, 2.05) is 0 Å². The molecular formula is C10H13N3O. The third kappa shape index (κ3) is 2.12. The van der Waals surface area contributed by atoms with Crippen LogP contribution in [0.25, 0.3) is 0 Å². The number of nitrogens with zero attached hydrogens (tertiary/aromatic N) is 2. The molecule has 4 heteroatoms. The second-order valence-corrected chi connectivity index (χ2v) is 3.71. The molecule has 4 nitrogen and oxygen atoms in total. The first-order valence-electron chi connectivity index (χ1n) is 4.81. The fraction of sp³-hybridized carbons (Fsp3) is 0.600. The van der Waals surface area contributed by atoms with Crippen LogP contribution in [0.5, 0.6) is 0 Å². The maximum atomic E-state index is 5.73. The monoisotopic (exact) mass is 191 g/mol. The smallest absolute Gasteiger partial charge is 0.244 e. The lowest BCUT2D eigenvalue weighted by atomic mass is 10.2.